The van der Waals surface area contributed by atoms with E-state index in [2.05, 4.69) is 21.8 Å². The van der Waals surface area contributed by atoms with Crippen molar-refractivity contribution >= 4 is 5.91 Å². The largest absolute Gasteiger partial charge is 0.348 e. The molecule has 1 aromatic heterocycles. The number of nitrogens with one attached hydrogen (secondary N) is 1. The summed E-state index contributed by atoms with van der Waals surface area (Å²) in [6, 6.07) is 0.425. The minimum Gasteiger partial charge on any atom is -0.348 e. The van der Waals surface area contributed by atoms with Crippen molar-refractivity contribution in [2.75, 3.05) is 6.54 Å². The smallest absolute Gasteiger partial charge is 0.226 e. The molecule has 1 aromatic rings. The maximum atomic E-state index is 12.6. The molecule has 1 fully saturated rings. The van der Waals surface area contributed by atoms with Gasteiger partial charge in [0.2, 0.25) is 5.91 Å². The predicted octanol–water partition coefficient (Wildman–Crippen LogP) is 1.92. The van der Waals surface area contributed by atoms with Crippen molar-refractivity contribution in [2.24, 2.45) is 5.92 Å². The van der Waals surface area contributed by atoms with Crippen LogP contribution in [0.3, 0.4) is 0 Å². The highest BCUT2D eigenvalue weighted by Gasteiger charge is 2.32. The first-order valence-electron chi connectivity index (χ1n) is 7.07. The van der Waals surface area contributed by atoms with Gasteiger partial charge in [-0.25, -0.2) is 4.98 Å². The number of nitrogens with zero attached hydrogens (tertiary/aromatic N) is 2. The van der Waals surface area contributed by atoms with Crippen LogP contribution in [0.2, 0.25) is 0 Å². The molecule has 0 spiro atoms. The van der Waals surface area contributed by atoms with E-state index in [1.807, 2.05) is 0 Å². The molecule has 2 aliphatic rings. The molecule has 4 nitrogen and oxygen atoms in total. The molecular formula is C14H21N3O. The van der Waals surface area contributed by atoms with Crippen LogP contribution in [-0.2, 0) is 17.6 Å². The molecule has 2 heterocycles. The zero-order valence-electron chi connectivity index (χ0n) is 11.0. The third-order valence-electron chi connectivity index (χ3n) is 4.42. The maximum Gasteiger partial charge on any atom is 0.226 e. The minimum absolute atomic E-state index is 0.165. The number of carbonyl (C=O) groups is 1. The van der Waals surface area contributed by atoms with Gasteiger partial charge in [-0.2, -0.15) is 0 Å². The first-order valence-corrected chi connectivity index (χ1v) is 7.07. The Kier molecular flexibility index (Phi) is 3.10. The highest BCUT2D eigenvalue weighted by Crippen LogP contribution is 2.27. The molecule has 1 aliphatic carbocycles. The first-order chi connectivity index (χ1) is 8.75. The van der Waals surface area contributed by atoms with Gasteiger partial charge in [0.1, 0.15) is 0 Å². The number of carbonyl (C=O) groups excluding carboxylic acids is 1. The van der Waals surface area contributed by atoms with Gasteiger partial charge in [-0.1, -0.05) is 0 Å². The summed E-state index contributed by atoms with van der Waals surface area (Å²) in [4.78, 5) is 22.2. The normalized spacial score (nSPS) is 27.9. The predicted molar refractivity (Wildman–Crippen MR) is 69.1 cm³/mol. The second-order valence-corrected chi connectivity index (χ2v) is 5.64. The van der Waals surface area contributed by atoms with Crippen LogP contribution in [0.4, 0.5) is 0 Å². The minimum atomic E-state index is 0.165. The highest BCUT2D eigenvalue weighted by molar-refractivity contribution is 5.79. The Bertz CT molecular complexity index is 440. The van der Waals surface area contributed by atoms with Crippen molar-refractivity contribution in [3.8, 4) is 0 Å². The topological polar surface area (TPSA) is 49.0 Å². The number of amides is 1. The van der Waals surface area contributed by atoms with E-state index in [4.69, 9.17) is 0 Å². The summed E-state index contributed by atoms with van der Waals surface area (Å²) in [5.41, 5.74) is 2.33. The lowest BCUT2D eigenvalue weighted by Crippen LogP contribution is -2.46. The fourth-order valence-electron chi connectivity index (χ4n) is 3.27. The number of aryl methyl sites for hydroxylation is 1. The Morgan fingerprint density at radius 2 is 2.33 bits per heavy atom. The van der Waals surface area contributed by atoms with Crippen molar-refractivity contribution in [1.29, 1.82) is 0 Å². The zero-order valence-corrected chi connectivity index (χ0v) is 11.0. The summed E-state index contributed by atoms with van der Waals surface area (Å²) < 4.78 is 0. The Morgan fingerprint density at radius 1 is 1.44 bits per heavy atom. The van der Waals surface area contributed by atoms with Gasteiger partial charge in [0.25, 0.3) is 0 Å². The highest BCUT2D eigenvalue weighted by atomic mass is 16.2. The van der Waals surface area contributed by atoms with E-state index in [9.17, 15) is 4.79 Å². The average molecular weight is 247 g/mol. The number of piperidine rings is 1. The number of fused-ring (bicyclic) bond motifs is 1. The fourth-order valence-corrected chi connectivity index (χ4v) is 3.27. The van der Waals surface area contributed by atoms with Crippen LogP contribution in [0.5, 0.6) is 0 Å². The number of imidazole rings is 1. The Labute approximate surface area is 108 Å². The quantitative estimate of drug-likeness (QED) is 0.824. The molecular weight excluding hydrogens is 226 g/mol. The zero-order chi connectivity index (χ0) is 12.5. The molecule has 0 saturated carbocycles. The summed E-state index contributed by atoms with van der Waals surface area (Å²) in [7, 11) is 0. The summed E-state index contributed by atoms with van der Waals surface area (Å²) in [5.74, 6) is 0.529. The van der Waals surface area contributed by atoms with Gasteiger partial charge in [0.05, 0.1) is 12.0 Å². The van der Waals surface area contributed by atoms with E-state index >= 15 is 0 Å². The summed E-state index contributed by atoms with van der Waals surface area (Å²) in [5, 5.41) is 0. The van der Waals surface area contributed by atoms with E-state index in [0.717, 1.165) is 44.3 Å². The SMILES string of the molecule is CC1CCCCN1C(=O)C1CCc2nc[nH]c2C1. The molecule has 4 heteroatoms. The summed E-state index contributed by atoms with van der Waals surface area (Å²) in [6.07, 6.45) is 8.09. The number of hydrogen-bond acceptors (Lipinski definition) is 2. The monoisotopic (exact) mass is 247 g/mol. The Morgan fingerprint density at radius 3 is 3.17 bits per heavy atom. The van der Waals surface area contributed by atoms with Gasteiger partial charge in [-0.3, -0.25) is 4.79 Å². The number of likely N-dealkylation sites (tertiary alicyclic amines) is 1. The van der Waals surface area contributed by atoms with Crippen molar-refractivity contribution < 1.29 is 4.79 Å². The molecule has 18 heavy (non-hydrogen) atoms. The molecule has 0 aromatic carbocycles. The molecule has 1 amide bonds. The second kappa shape index (κ2) is 4.75. The van der Waals surface area contributed by atoms with Gasteiger partial charge >= 0.3 is 0 Å². The van der Waals surface area contributed by atoms with Gasteiger partial charge in [-0.05, 0) is 39.0 Å². The van der Waals surface area contributed by atoms with Gasteiger partial charge in [-0.15, -0.1) is 0 Å². The molecule has 2 atom stereocenters. The van der Waals surface area contributed by atoms with Crippen LogP contribution in [0.25, 0.3) is 0 Å². The fraction of sp³-hybridized carbons (Fsp3) is 0.714. The first kappa shape index (κ1) is 11.8. The molecule has 0 radical (unpaired) electrons. The van der Waals surface area contributed by atoms with Crippen LogP contribution < -0.4 is 0 Å². The van der Waals surface area contributed by atoms with E-state index in [1.165, 1.54) is 12.1 Å². The van der Waals surface area contributed by atoms with E-state index in [0.29, 0.717) is 11.9 Å². The molecule has 1 N–H and O–H groups in total. The van der Waals surface area contributed by atoms with E-state index in [-0.39, 0.29) is 5.92 Å². The number of aromatic amines is 1. The lowest BCUT2D eigenvalue weighted by atomic mass is 9.87. The van der Waals surface area contributed by atoms with Gasteiger partial charge in [0, 0.05) is 30.6 Å². The Balaban J connectivity index is 1.70. The van der Waals surface area contributed by atoms with Crippen molar-refractivity contribution in [3.05, 3.63) is 17.7 Å². The third kappa shape index (κ3) is 2.04. The van der Waals surface area contributed by atoms with E-state index in [1.54, 1.807) is 6.33 Å². The van der Waals surface area contributed by atoms with Crippen LogP contribution in [0, 0.1) is 5.92 Å². The number of aromatic nitrogens is 2. The molecule has 2 unspecified atom stereocenters. The molecule has 3 rings (SSSR count). The van der Waals surface area contributed by atoms with Crippen molar-refractivity contribution in [3.63, 3.8) is 0 Å². The standard InChI is InChI=1S/C14H21N3O/c1-10-4-2-3-7-17(10)14(18)11-5-6-12-13(8-11)16-9-15-12/h9-11H,2-8H2,1H3,(H,15,16). The average Bonchev–Trinajstić information content (AvgIpc) is 2.85. The van der Waals surface area contributed by atoms with Crippen LogP contribution >= 0.6 is 0 Å². The van der Waals surface area contributed by atoms with E-state index < -0.39 is 0 Å². The lowest BCUT2D eigenvalue weighted by molar-refractivity contribution is -0.139. The second-order valence-electron chi connectivity index (χ2n) is 5.64. The molecule has 1 saturated heterocycles. The molecule has 98 valence electrons. The maximum absolute atomic E-state index is 12.6. The van der Waals surface area contributed by atoms with Gasteiger partial charge < -0.3 is 9.88 Å². The number of H-pyrrole nitrogens is 1. The van der Waals surface area contributed by atoms with Crippen molar-refractivity contribution in [1.82, 2.24) is 14.9 Å². The third-order valence-corrected chi connectivity index (χ3v) is 4.42. The number of hydrogen-bond donors (Lipinski definition) is 1. The van der Waals surface area contributed by atoms with Gasteiger partial charge in [0.15, 0.2) is 0 Å². The lowest BCUT2D eigenvalue weighted by Gasteiger charge is -2.36. The van der Waals surface area contributed by atoms with Crippen LogP contribution in [-0.4, -0.2) is 33.4 Å². The number of rotatable bonds is 1. The Hall–Kier alpha value is -1.32. The summed E-state index contributed by atoms with van der Waals surface area (Å²) >= 11 is 0. The van der Waals surface area contributed by atoms with Crippen molar-refractivity contribution in [2.45, 2.75) is 51.5 Å². The van der Waals surface area contributed by atoms with Crippen LogP contribution in [0.1, 0.15) is 44.0 Å². The molecule has 1 aliphatic heterocycles. The summed E-state index contributed by atoms with van der Waals surface area (Å²) in [6.45, 7) is 3.13. The molecule has 0 bridgehead atoms. The van der Waals surface area contributed by atoms with Crippen LogP contribution in [0.15, 0.2) is 6.33 Å².